The zero-order valence-corrected chi connectivity index (χ0v) is 14.8. The Labute approximate surface area is 143 Å². The molecular formula is C18H27N5O. The van der Waals surface area contributed by atoms with Gasteiger partial charge >= 0.3 is 0 Å². The first-order valence-electron chi connectivity index (χ1n) is 8.85. The number of hydrogen-bond donors (Lipinski definition) is 0. The van der Waals surface area contributed by atoms with Crippen molar-refractivity contribution in [2.24, 2.45) is 5.92 Å². The molecule has 2 aromatic rings. The molecule has 1 amide bonds. The number of nitrogens with zero attached hydrogens (tertiary/aromatic N) is 5. The Bertz CT molecular complexity index is 661. The number of hydrogen-bond acceptors (Lipinski definition) is 3. The summed E-state index contributed by atoms with van der Waals surface area (Å²) in [5.41, 5.74) is 0. The molecule has 0 spiro atoms. The Balaban J connectivity index is 1.66. The smallest absolute Gasteiger partial charge is 0.227 e. The van der Waals surface area contributed by atoms with Crippen LogP contribution in [0.2, 0.25) is 0 Å². The molecule has 2 atom stereocenters. The summed E-state index contributed by atoms with van der Waals surface area (Å²) < 4.78 is 4.10. The summed E-state index contributed by atoms with van der Waals surface area (Å²) in [4.78, 5) is 19.3. The summed E-state index contributed by atoms with van der Waals surface area (Å²) in [6.45, 7) is 8.58. The van der Waals surface area contributed by atoms with Crippen LogP contribution < -0.4 is 0 Å². The fraction of sp³-hybridized carbons (Fsp3) is 0.611. The highest BCUT2D eigenvalue weighted by Gasteiger charge is 2.29. The minimum Gasteiger partial charge on any atom is -0.340 e. The molecule has 2 aromatic heterocycles. The summed E-state index contributed by atoms with van der Waals surface area (Å²) in [5.74, 6) is 1.67. The van der Waals surface area contributed by atoms with Crippen LogP contribution in [-0.2, 0) is 11.3 Å². The lowest BCUT2D eigenvalue weighted by atomic mass is 10.0. The zero-order valence-electron chi connectivity index (χ0n) is 14.8. The minimum absolute atomic E-state index is 0.0593. The predicted octanol–water partition coefficient (Wildman–Crippen LogP) is 2.70. The topological polar surface area (TPSA) is 56.0 Å². The molecule has 2 unspecified atom stereocenters. The van der Waals surface area contributed by atoms with Gasteiger partial charge in [-0.25, -0.2) is 4.98 Å². The Kier molecular flexibility index (Phi) is 5.02. The molecule has 1 fully saturated rings. The van der Waals surface area contributed by atoms with E-state index >= 15 is 0 Å². The van der Waals surface area contributed by atoms with Crippen molar-refractivity contribution in [3.8, 4) is 0 Å². The van der Waals surface area contributed by atoms with Crippen LogP contribution in [0.15, 0.2) is 30.9 Å². The van der Waals surface area contributed by atoms with Crippen molar-refractivity contribution < 1.29 is 4.79 Å². The van der Waals surface area contributed by atoms with E-state index in [1.165, 1.54) is 0 Å². The van der Waals surface area contributed by atoms with E-state index in [1.54, 1.807) is 6.20 Å². The molecule has 3 rings (SSSR count). The highest BCUT2D eigenvalue weighted by molar-refractivity contribution is 5.78. The predicted molar refractivity (Wildman–Crippen MR) is 92.6 cm³/mol. The van der Waals surface area contributed by atoms with Crippen LogP contribution in [0.5, 0.6) is 0 Å². The van der Waals surface area contributed by atoms with Crippen molar-refractivity contribution in [3.05, 3.63) is 36.7 Å². The third-order valence-corrected chi connectivity index (χ3v) is 4.76. The van der Waals surface area contributed by atoms with Gasteiger partial charge in [-0.3, -0.25) is 9.48 Å². The van der Waals surface area contributed by atoms with Gasteiger partial charge in [0.1, 0.15) is 5.82 Å². The van der Waals surface area contributed by atoms with Gasteiger partial charge in [-0.2, -0.15) is 5.10 Å². The van der Waals surface area contributed by atoms with Crippen molar-refractivity contribution in [3.63, 3.8) is 0 Å². The normalized spacial score (nSPS) is 19.7. The molecule has 130 valence electrons. The van der Waals surface area contributed by atoms with Gasteiger partial charge in [0.15, 0.2) is 0 Å². The molecular weight excluding hydrogens is 302 g/mol. The van der Waals surface area contributed by atoms with Crippen LogP contribution in [0.1, 0.15) is 51.4 Å². The second-order valence-corrected chi connectivity index (χ2v) is 7.06. The molecule has 3 heterocycles. The minimum atomic E-state index is -0.0593. The van der Waals surface area contributed by atoms with Crippen LogP contribution in [0.25, 0.3) is 0 Å². The lowest BCUT2D eigenvalue weighted by Gasteiger charge is -2.35. The van der Waals surface area contributed by atoms with Gasteiger partial charge in [-0.15, -0.1) is 0 Å². The van der Waals surface area contributed by atoms with Gasteiger partial charge in [0.25, 0.3) is 0 Å². The Hall–Kier alpha value is -2.11. The fourth-order valence-corrected chi connectivity index (χ4v) is 3.54. The highest BCUT2D eigenvalue weighted by atomic mass is 16.2. The average molecular weight is 329 g/mol. The van der Waals surface area contributed by atoms with E-state index in [9.17, 15) is 4.79 Å². The second-order valence-electron chi connectivity index (χ2n) is 7.06. The van der Waals surface area contributed by atoms with E-state index < -0.39 is 0 Å². The number of carbonyl (C=O) groups excluding carboxylic acids is 1. The molecule has 6 heteroatoms. The molecule has 0 N–H and O–H groups in total. The van der Waals surface area contributed by atoms with Crippen LogP contribution in [0, 0.1) is 5.92 Å². The number of likely N-dealkylation sites (tertiary alicyclic amines) is 1. The van der Waals surface area contributed by atoms with Crippen LogP contribution in [-0.4, -0.2) is 43.2 Å². The molecule has 0 bridgehead atoms. The van der Waals surface area contributed by atoms with Gasteiger partial charge in [0, 0.05) is 43.8 Å². The lowest BCUT2D eigenvalue weighted by molar-refractivity contribution is -0.137. The van der Waals surface area contributed by atoms with Crippen molar-refractivity contribution >= 4 is 5.91 Å². The number of piperidine rings is 1. The van der Waals surface area contributed by atoms with Gasteiger partial charge in [-0.05, 0) is 18.9 Å². The maximum absolute atomic E-state index is 12.8. The Morgan fingerprint density at radius 2 is 2.12 bits per heavy atom. The lowest BCUT2D eigenvalue weighted by Crippen LogP contribution is -2.44. The summed E-state index contributed by atoms with van der Waals surface area (Å²) in [5, 5.41) is 4.20. The second kappa shape index (κ2) is 7.20. The third-order valence-electron chi connectivity index (χ3n) is 4.76. The number of imidazole rings is 1. The molecule has 1 aliphatic heterocycles. The third kappa shape index (κ3) is 3.52. The van der Waals surface area contributed by atoms with Crippen molar-refractivity contribution in [2.45, 2.75) is 52.1 Å². The number of carbonyl (C=O) groups is 1. The maximum Gasteiger partial charge on any atom is 0.227 e. The Morgan fingerprint density at radius 1 is 1.29 bits per heavy atom. The first-order chi connectivity index (χ1) is 11.6. The maximum atomic E-state index is 12.8. The number of rotatable bonds is 5. The highest BCUT2D eigenvalue weighted by Crippen LogP contribution is 2.26. The summed E-state index contributed by atoms with van der Waals surface area (Å²) >= 11 is 0. The molecule has 0 radical (unpaired) electrons. The van der Waals surface area contributed by atoms with E-state index in [0.29, 0.717) is 18.5 Å². The fourth-order valence-electron chi connectivity index (χ4n) is 3.54. The van der Waals surface area contributed by atoms with Crippen LogP contribution >= 0.6 is 0 Å². The Morgan fingerprint density at radius 3 is 2.83 bits per heavy atom. The van der Waals surface area contributed by atoms with Gasteiger partial charge in [-0.1, -0.05) is 20.8 Å². The first kappa shape index (κ1) is 16.7. The zero-order chi connectivity index (χ0) is 17.1. The summed E-state index contributed by atoms with van der Waals surface area (Å²) in [7, 11) is 0. The molecule has 0 aliphatic carbocycles. The number of amides is 1. The molecule has 1 saturated heterocycles. The number of aromatic nitrogens is 4. The van der Waals surface area contributed by atoms with Crippen LogP contribution in [0.4, 0.5) is 0 Å². The molecule has 0 aromatic carbocycles. The van der Waals surface area contributed by atoms with Crippen LogP contribution in [0.3, 0.4) is 0 Å². The van der Waals surface area contributed by atoms with Gasteiger partial charge in [0.2, 0.25) is 5.91 Å². The molecule has 6 nitrogen and oxygen atoms in total. The first-order valence-corrected chi connectivity index (χ1v) is 8.85. The summed E-state index contributed by atoms with van der Waals surface area (Å²) in [6, 6.07) is 2.22. The largest absolute Gasteiger partial charge is 0.340 e. The van der Waals surface area contributed by atoms with Gasteiger partial charge in [0.05, 0.1) is 18.5 Å². The molecule has 0 saturated carbocycles. The average Bonchev–Trinajstić information content (AvgIpc) is 3.25. The van der Waals surface area contributed by atoms with Crippen molar-refractivity contribution in [1.82, 2.24) is 24.2 Å². The van der Waals surface area contributed by atoms with Gasteiger partial charge < -0.3 is 9.47 Å². The van der Waals surface area contributed by atoms with E-state index in [1.807, 2.05) is 35.0 Å². The molecule has 1 aliphatic rings. The van der Waals surface area contributed by atoms with Crippen molar-refractivity contribution in [2.75, 3.05) is 13.1 Å². The van der Waals surface area contributed by atoms with E-state index in [4.69, 9.17) is 0 Å². The monoisotopic (exact) mass is 329 g/mol. The summed E-state index contributed by atoms with van der Waals surface area (Å²) in [6.07, 6.45) is 9.73. The SMILES string of the molecule is CC(Cn1cccn1)C(=O)N1CCCC(n2ccnc2C(C)C)C1. The van der Waals surface area contributed by atoms with E-state index in [0.717, 1.165) is 31.8 Å². The van der Waals surface area contributed by atoms with E-state index in [2.05, 4.69) is 34.7 Å². The van der Waals surface area contributed by atoms with Crippen molar-refractivity contribution in [1.29, 1.82) is 0 Å². The standard InChI is InChI=1S/C18H27N5O/c1-14(2)17-19-8-11-23(17)16-6-4-9-21(13-16)18(24)15(3)12-22-10-5-7-20-22/h5,7-8,10-11,14-16H,4,6,9,12-13H2,1-3H3. The molecule has 24 heavy (non-hydrogen) atoms. The quantitative estimate of drug-likeness (QED) is 0.847. The van der Waals surface area contributed by atoms with E-state index in [-0.39, 0.29) is 11.8 Å².